The van der Waals surface area contributed by atoms with E-state index in [1.165, 1.54) is 12.2 Å². The highest BCUT2D eigenvalue weighted by Gasteiger charge is 2.18. The number of methoxy groups -OCH3 is 2. The minimum atomic E-state index is -0.189. The van der Waals surface area contributed by atoms with Crippen LogP contribution in [0.4, 0.5) is 0 Å². The van der Waals surface area contributed by atoms with E-state index in [2.05, 4.69) is 9.97 Å². The minimum Gasteiger partial charge on any atom is -0.493 e. The topological polar surface area (TPSA) is 93.8 Å². The van der Waals surface area contributed by atoms with Gasteiger partial charge >= 0.3 is 0 Å². The number of nitrogens with zero attached hydrogens (tertiary/aromatic N) is 2. The lowest BCUT2D eigenvalue weighted by Crippen LogP contribution is -2.24. The molecule has 0 atom stereocenters. The van der Waals surface area contributed by atoms with Crippen LogP contribution in [0, 0.1) is 6.92 Å². The maximum atomic E-state index is 12.3. The van der Waals surface area contributed by atoms with Gasteiger partial charge in [-0.1, -0.05) is 12.8 Å². The highest BCUT2D eigenvalue weighted by Crippen LogP contribution is 2.36. The van der Waals surface area contributed by atoms with Crippen molar-refractivity contribution >= 4 is 16.8 Å². The van der Waals surface area contributed by atoms with Gasteiger partial charge in [0.2, 0.25) is 5.91 Å². The first-order valence-electron chi connectivity index (χ1n) is 9.38. The first kappa shape index (κ1) is 21.7. The SMILES string of the molecule is COc1cc2c(=O)[nH]c(C)nc2c(CCCCCCC(=O)N(C)OC)c1OC. The fraction of sp³-hybridized carbons (Fsp3) is 0.550. The van der Waals surface area contributed by atoms with Crippen LogP contribution in [0.3, 0.4) is 0 Å². The van der Waals surface area contributed by atoms with E-state index in [-0.39, 0.29) is 11.5 Å². The molecule has 1 amide bonds. The summed E-state index contributed by atoms with van der Waals surface area (Å²) in [6, 6.07) is 1.67. The van der Waals surface area contributed by atoms with Crippen molar-refractivity contribution in [2.45, 2.75) is 45.4 Å². The molecule has 0 spiro atoms. The molecule has 0 radical (unpaired) electrons. The van der Waals surface area contributed by atoms with Gasteiger partial charge in [0.15, 0.2) is 11.5 Å². The van der Waals surface area contributed by atoms with E-state index < -0.39 is 0 Å². The zero-order valence-electron chi connectivity index (χ0n) is 17.3. The normalized spacial score (nSPS) is 10.9. The van der Waals surface area contributed by atoms with Crippen molar-refractivity contribution in [1.82, 2.24) is 15.0 Å². The minimum absolute atomic E-state index is 0.0261. The van der Waals surface area contributed by atoms with Gasteiger partial charge in [-0.2, -0.15) is 0 Å². The predicted molar refractivity (Wildman–Crippen MR) is 107 cm³/mol. The summed E-state index contributed by atoms with van der Waals surface area (Å²) in [5.74, 6) is 1.67. The van der Waals surface area contributed by atoms with Crippen LogP contribution >= 0.6 is 0 Å². The molecule has 8 nitrogen and oxygen atoms in total. The molecule has 1 heterocycles. The third-order valence-electron chi connectivity index (χ3n) is 4.75. The van der Waals surface area contributed by atoms with Crippen molar-refractivity contribution in [3.05, 3.63) is 27.8 Å². The van der Waals surface area contributed by atoms with Gasteiger partial charge in [-0.05, 0) is 32.3 Å². The van der Waals surface area contributed by atoms with Crippen molar-refractivity contribution in [3.8, 4) is 11.5 Å². The van der Waals surface area contributed by atoms with E-state index >= 15 is 0 Å². The van der Waals surface area contributed by atoms with Crippen LogP contribution in [0.5, 0.6) is 11.5 Å². The van der Waals surface area contributed by atoms with Gasteiger partial charge in [-0.3, -0.25) is 14.4 Å². The summed E-state index contributed by atoms with van der Waals surface area (Å²) >= 11 is 0. The van der Waals surface area contributed by atoms with Crippen LogP contribution in [-0.4, -0.2) is 49.3 Å². The van der Waals surface area contributed by atoms with Crippen molar-refractivity contribution in [3.63, 3.8) is 0 Å². The molecule has 0 fully saturated rings. The maximum absolute atomic E-state index is 12.3. The summed E-state index contributed by atoms with van der Waals surface area (Å²) < 4.78 is 11.0. The largest absolute Gasteiger partial charge is 0.493 e. The number of hydrogen-bond acceptors (Lipinski definition) is 6. The molecule has 0 saturated carbocycles. The monoisotopic (exact) mass is 391 g/mol. The fourth-order valence-electron chi connectivity index (χ4n) is 3.21. The van der Waals surface area contributed by atoms with Gasteiger partial charge in [0.25, 0.3) is 5.56 Å². The number of aromatic nitrogens is 2. The number of unbranched alkanes of at least 4 members (excludes halogenated alkanes) is 3. The number of fused-ring (bicyclic) bond motifs is 1. The molecule has 8 heteroatoms. The van der Waals surface area contributed by atoms with E-state index in [1.54, 1.807) is 34.3 Å². The van der Waals surface area contributed by atoms with Crippen LogP contribution in [0.2, 0.25) is 0 Å². The number of H-pyrrole nitrogens is 1. The van der Waals surface area contributed by atoms with E-state index in [4.69, 9.17) is 14.3 Å². The summed E-state index contributed by atoms with van der Waals surface area (Å²) in [5, 5.41) is 1.74. The number of amides is 1. The van der Waals surface area contributed by atoms with Crippen LogP contribution in [0.15, 0.2) is 10.9 Å². The maximum Gasteiger partial charge on any atom is 0.258 e. The number of hydroxylamine groups is 2. The van der Waals surface area contributed by atoms with E-state index in [0.29, 0.717) is 41.1 Å². The van der Waals surface area contributed by atoms with Gasteiger partial charge < -0.3 is 14.5 Å². The second kappa shape index (κ2) is 10.1. The Balaban J connectivity index is 2.11. The molecule has 2 rings (SSSR count). The number of aromatic amines is 1. The van der Waals surface area contributed by atoms with Gasteiger partial charge in [-0.25, -0.2) is 10.0 Å². The molecule has 0 saturated heterocycles. The lowest BCUT2D eigenvalue weighted by molar-refractivity contribution is -0.168. The van der Waals surface area contributed by atoms with Crippen molar-refractivity contribution < 1.29 is 19.1 Å². The highest BCUT2D eigenvalue weighted by molar-refractivity contribution is 5.86. The lowest BCUT2D eigenvalue weighted by atomic mass is 10.0. The summed E-state index contributed by atoms with van der Waals surface area (Å²) in [6.45, 7) is 1.76. The highest BCUT2D eigenvalue weighted by atomic mass is 16.7. The molecule has 0 aliphatic heterocycles. The molecule has 0 aliphatic carbocycles. The first-order chi connectivity index (χ1) is 13.4. The Labute approximate surface area is 164 Å². The molecule has 1 aromatic heterocycles. The Morgan fingerprint density at radius 1 is 1.14 bits per heavy atom. The molecular weight excluding hydrogens is 362 g/mol. The first-order valence-corrected chi connectivity index (χ1v) is 9.38. The Kier molecular flexibility index (Phi) is 7.80. The molecule has 1 aromatic carbocycles. The zero-order chi connectivity index (χ0) is 20.7. The fourth-order valence-corrected chi connectivity index (χ4v) is 3.21. The molecule has 0 bridgehead atoms. The number of carbonyl (C=O) groups excluding carboxylic acids is 1. The molecule has 0 unspecified atom stereocenters. The smallest absolute Gasteiger partial charge is 0.258 e. The lowest BCUT2D eigenvalue weighted by Gasteiger charge is -2.15. The quantitative estimate of drug-likeness (QED) is 0.494. The summed E-state index contributed by atoms with van der Waals surface area (Å²) in [6.07, 6.45) is 4.75. The van der Waals surface area contributed by atoms with Crippen LogP contribution in [0.25, 0.3) is 10.9 Å². The zero-order valence-corrected chi connectivity index (χ0v) is 17.3. The summed E-state index contributed by atoms with van der Waals surface area (Å²) in [5.41, 5.74) is 1.34. The third kappa shape index (κ3) is 5.01. The summed E-state index contributed by atoms with van der Waals surface area (Å²) in [4.78, 5) is 36.2. The molecular formula is C20H29N3O5. The van der Waals surface area contributed by atoms with Crippen molar-refractivity contribution in [2.24, 2.45) is 0 Å². The molecule has 28 heavy (non-hydrogen) atoms. The number of nitrogens with one attached hydrogen (secondary N) is 1. The van der Waals surface area contributed by atoms with Gasteiger partial charge in [0, 0.05) is 19.0 Å². The standard InChI is InChI=1S/C20H29N3O5/c1-13-21-18-14(10-8-6-7-9-11-17(24)23(2)28-5)19(27-4)16(26-3)12-15(18)20(25)22-13/h12H,6-11H2,1-5H3,(H,21,22,25). The van der Waals surface area contributed by atoms with Crippen LogP contribution in [0.1, 0.15) is 43.5 Å². The molecule has 1 N–H and O–H groups in total. The third-order valence-corrected chi connectivity index (χ3v) is 4.75. The van der Waals surface area contributed by atoms with E-state index in [9.17, 15) is 9.59 Å². The van der Waals surface area contributed by atoms with E-state index in [0.717, 1.165) is 31.2 Å². The van der Waals surface area contributed by atoms with Crippen molar-refractivity contribution in [2.75, 3.05) is 28.4 Å². The Bertz CT molecular complexity index is 878. The van der Waals surface area contributed by atoms with Crippen LogP contribution in [-0.2, 0) is 16.1 Å². The number of benzene rings is 1. The average Bonchev–Trinajstić information content (AvgIpc) is 2.69. The number of hydrogen-bond donors (Lipinski definition) is 1. The van der Waals surface area contributed by atoms with E-state index in [1.807, 2.05) is 0 Å². The van der Waals surface area contributed by atoms with Gasteiger partial charge in [0.05, 0.1) is 32.2 Å². The van der Waals surface area contributed by atoms with Crippen molar-refractivity contribution in [1.29, 1.82) is 0 Å². The Morgan fingerprint density at radius 3 is 2.50 bits per heavy atom. The molecule has 2 aromatic rings. The number of aryl methyl sites for hydroxylation is 2. The predicted octanol–water partition coefficient (Wildman–Crippen LogP) is 2.76. The molecule has 0 aliphatic rings. The van der Waals surface area contributed by atoms with Crippen LogP contribution < -0.4 is 15.0 Å². The van der Waals surface area contributed by atoms with Gasteiger partial charge in [0.1, 0.15) is 5.82 Å². The second-order valence-electron chi connectivity index (χ2n) is 6.63. The molecule has 154 valence electrons. The number of rotatable bonds is 10. The number of ether oxygens (including phenoxy) is 2. The summed E-state index contributed by atoms with van der Waals surface area (Å²) in [7, 11) is 6.23. The Hall–Kier alpha value is -2.61. The Morgan fingerprint density at radius 2 is 1.86 bits per heavy atom. The average molecular weight is 391 g/mol. The van der Waals surface area contributed by atoms with Gasteiger partial charge in [-0.15, -0.1) is 0 Å². The second-order valence-corrected chi connectivity index (χ2v) is 6.63. The number of carbonyl (C=O) groups is 1.